The van der Waals surface area contributed by atoms with Gasteiger partial charge in [0.15, 0.2) is 11.5 Å². The van der Waals surface area contributed by atoms with Crippen LogP contribution >= 0.6 is 11.6 Å². The molecule has 0 saturated carbocycles. The summed E-state index contributed by atoms with van der Waals surface area (Å²) in [6.07, 6.45) is -0.377. The van der Waals surface area contributed by atoms with Crippen molar-refractivity contribution in [3.8, 4) is 17.6 Å². The van der Waals surface area contributed by atoms with E-state index < -0.39 is 16.1 Å². The summed E-state index contributed by atoms with van der Waals surface area (Å²) in [4.78, 5) is 0.177. The third-order valence-corrected chi connectivity index (χ3v) is 7.78. The Balaban J connectivity index is 1.61. The summed E-state index contributed by atoms with van der Waals surface area (Å²) in [5.41, 5.74) is 2.96. The molecule has 0 aromatic heterocycles. The molecule has 200 valence electrons. The standard InChI is InChI=1S/C30H28ClN3O4S/c1-37-29-18-24(14-17-28(29)38-30(19-31)23-8-4-2-5-9-23)27(34-25-15-12-22(20-32)13-16-25)21-33-39(35,36)26-10-6-3-7-11-26/h2-18,27,30,33-34H,19,21H2,1H3/t27?,30-/m0/s1. The zero-order valence-corrected chi connectivity index (χ0v) is 22.8. The van der Waals surface area contributed by atoms with Crippen LogP contribution in [0.5, 0.6) is 11.5 Å². The number of nitrogens with one attached hydrogen (secondary N) is 2. The molecule has 0 fully saturated rings. The molecular formula is C30H28ClN3O4S. The van der Waals surface area contributed by atoms with E-state index in [1.807, 2.05) is 42.5 Å². The van der Waals surface area contributed by atoms with Crippen LogP contribution in [-0.2, 0) is 10.0 Å². The first-order valence-corrected chi connectivity index (χ1v) is 14.2. The van der Waals surface area contributed by atoms with E-state index >= 15 is 0 Å². The van der Waals surface area contributed by atoms with E-state index in [9.17, 15) is 8.42 Å². The molecule has 0 amide bonds. The lowest BCUT2D eigenvalue weighted by Gasteiger charge is -2.23. The first kappa shape index (κ1) is 28.0. The van der Waals surface area contributed by atoms with E-state index in [0.29, 0.717) is 17.1 Å². The van der Waals surface area contributed by atoms with Gasteiger partial charge >= 0.3 is 0 Å². The molecule has 4 rings (SSSR count). The first-order valence-electron chi connectivity index (χ1n) is 12.2. The molecular weight excluding hydrogens is 534 g/mol. The van der Waals surface area contributed by atoms with E-state index in [1.165, 1.54) is 0 Å². The second-order valence-electron chi connectivity index (χ2n) is 8.63. The van der Waals surface area contributed by atoms with Crippen LogP contribution in [0.4, 0.5) is 5.69 Å². The smallest absolute Gasteiger partial charge is 0.240 e. The van der Waals surface area contributed by atoms with Crippen molar-refractivity contribution < 1.29 is 17.9 Å². The molecule has 0 radical (unpaired) electrons. The fourth-order valence-electron chi connectivity index (χ4n) is 3.98. The molecule has 4 aromatic rings. The lowest BCUT2D eigenvalue weighted by atomic mass is 10.1. The van der Waals surface area contributed by atoms with Crippen molar-refractivity contribution in [1.82, 2.24) is 4.72 Å². The third kappa shape index (κ3) is 7.30. The molecule has 0 aliphatic heterocycles. The minimum atomic E-state index is -3.74. The Bertz CT molecular complexity index is 1510. The van der Waals surface area contributed by atoms with Gasteiger partial charge in [-0.25, -0.2) is 13.1 Å². The van der Waals surface area contributed by atoms with Gasteiger partial charge in [0, 0.05) is 12.2 Å². The molecule has 0 heterocycles. The molecule has 39 heavy (non-hydrogen) atoms. The van der Waals surface area contributed by atoms with Gasteiger partial charge in [0.2, 0.25) is 10.0 Å². The van der Waals surface area contributed by atoms with E-state index in [4.69, 9.17) is 26.3 Å². The Morgan fingerprint density at radius 2 is 1.54 bits per heavy atom. The van der Waals surface area contributed by atoms with Crippen LogP contribution in [0.1, 0.15) is 28.8 Å². The second-order valence-corrected chi connectivity index (χ2v) is 10.7. The van der Waals surface area contributed by atoms with Gasteiger partial charge < -0.3 is 14.8 Å². The highest BCUT2D eigenvalue weighted by atomic mass is 35.5. The van der Waals surface area contributed by atoms with Crippen LogP contribution in [0.15, 0.2) is 108 Å². The van der Waals surface area contributed by atoms with Crippen LogP contribution in [0.2, 0.25) is 0 Å². The number of anilines is 1. The van der Waals surface area contributed by atoms with Crippen LogP contribution < -0.4 is 19.5 Å². The maximum absolute atomic E-state index is 12.9. The van der Waals surface area contributed by atoms with Crippen LogP contribution in [-0.4, -0.2) is 28.0 Å². The average Bonchev–Trinajstić information content (AvgIpc) is 2.99. The summed E-state index contributed by atoms with van der Waals surface area (Å²) in [7, 11) is -2.20. The second kappa shape index (κ2) is 13.2. The quantitative estimate of drug-likeness (QED) is 0.204. The number of halogens is 1. The topological polar surface area (TPSA) is 100 Å². The van der Waals surface area contributed by atoms with Crippen molar-refractivity contribution >= 4 is 27.3 Å². The molecule has 0 aliphatic carbocycles. The summed E-state index contributed by atoms with van der Waals surface area (Å²) >= 11 is 6.21. The van der Waals surface area contributed by atoms with Gasteiger partial charge in [0.1, 0.15) is 6.10 Å². The fraction of sp³-hybridized carbons (Fsp3) is 0.167. The van der Waals surface area contributed by atoms with Gasteiger partial charge in [-0.15, -0.1) is 11.6 Å². The number of benzene rings is 4. The SMILES string of the molecule is COc1cc(C(CNS(=O)(=O)c2ccccc2)Nc2ccc(C#N)cc2)ccc1O[C@@H](CCl)c1ccccc1. The summed E-state index contributed by atoms with van der Waals surface area (Å²) in [6, 6.07) is 31.9. The molecule has 0 bridgehead atoms. The lowest BCUT2D eigenvalue weighted by molar-refractivity contribution is 0.219. The number of alkyl halides is 1. The summed E-state index contributed by atoms with van der Waals surface area (Å²) in [5.74, 6) is 1.24. The molecule has 2 atom stereocenters. The molecule has 9 heteroatoms. The maximum atomic E-state index is 12.9. The number of rotatable bonds is 12. The third-order valence-electron chi connectivity index (χ3n) is 6.06. The largest absolute Gasteiger partial charge is 0.493 e. The van der Waals surface area contributed by atoms with Crippen LogP contribution in [0, 0.1) is 11.3 Å². The van der Waals surface area contributed by atoms with E-state index in [1.54, 1.807) is 67.8 Å². The van der Waals surface area contributed by atoms with Gasteiger partial charge in [0.25, 0.3) is 0 Å². The van der Waals surface area contributed by atoms with Crippen molar-refractivity contribution in [2.45, 2.75) is 17.0 Å². The van der Waals surface area contributed by atoms with Gasteiger partial charge in [0.05, 0.1) is 35.6 Å². The average molecular weight is 562 g/mol. The highest BCUT2D eigenvalue weighted by molar-refractivity contribution is 7.89. The van der Waals surface area contributed by atoms with Crippen molar-refractivity contribution in [2.75, 3.05) is 24.9 Å². The molecule has 7 nitrogen and oxygen atoms in total. The van der Waals surface area contributed by atoms with Crippen molar-refractivity contribution in [3.05, 3.63) is 120 Å². The zero-order chi connectivity index (χ0) is 27.7. The Kier molecular flexibility index (Phi) is 9.45. The molecule has 0 spiro atoms. The predicted molar refractivity (Wildman–Crippen MR) is 153 cm³/mol. The maximum Gasteiger partial charge on any atom is 0.240 e. The summed E-state index contributed by atoms with van der Waals surface area (Å²) < 4.78 is 40.4. The number of hydrogen-bond acceptors (Lipinski definition) is 6. The number of sulfonamides is 1. The normalized spacial score (nSPS) is 12.6. The van der Waals surface area contributed by atoms with Crippen LogP contribution in [0.25, 0.3) is 0 Å². The van der Waals surface area contributed by atoms with E-state index in [2.05, 4.69) is 16.1 Å². The lowest BCUT2D eigenvalue weighted by Crippen LogP contribution is -2.31. The highest BCUT2D eigenvalue weighted by Gasteiger charge is 2.21. The fourth-order valence-corrected chi connectivity index (χ4v) is 5.29. The van der Waals surface area contributed by atoms with Gasteiger partial charge in [-0.05, 0) is 59.7 Å². The monoisotopic (exact) mass is 561 g/mol. The van der Waals surface area contributed by atoms with Crippen molar-refractivity contribution in [2.24, 2.45) is 0 Å². The Hall–Kier alpha value is -4.03. The Morgan fingerprint density at radius 3 is 2.15 bits per heavy atom. The number of ether oxygens (including phenoxy) is 2. The number of nitriles is 1. The minimum Gasteiger partial charge on any atom is -0.493 e. The van der Waals surface area contributed by atoms with E-state index in [0.717, 1.165) is 16.8 Å². The summed E-state index contributed by atoms with van der Waals surface area (Å²) in [5, 5.41) is 12.5. The van der Waals surface area contributed by atoms with Crippen LogP contribution in [0.3, 0.4) is 0 Å². The Labute approximate surface area is 234 Å². The predicted octanol–water partition coefficient (Wildman–Crippen LogP) is 6.06. The first-order chi connectivity index (χ1) is 18.9. The summed E-state index contributed by atoms with van der Waals surface area (Å²) in [6.45, 7) is 0.0505. The van der Waals surface area contributed by atoms with Gasteiger partial charge in [-0.3, -0.25) is 0 Å². The molecule has 0 saturated heterocycles. The molecule has 4 aromatic carbocycles. The number of methoxy groups -OCH3 is 1. The van der Waals surface area contributed by atoms with Gasteiger partial charge in [-0.2, -0.15) is 5.26 Å². The van der Waals surface area contributed by atoms with Gasteiger partial charge in [-0.1, -0.05) is 54.6 Å². The Morgan fingerprint density at radius 1 is 0.872 bits per heavy atom. The number of nitrogens with zero attached hydrogens (tertiary/aromatic N) is 1. The minimum absolute atomic E-state index is 0.0505. The molecule has 0 aliphatic rings. The zero-order valence-electron chi connectivity index (χ0n) is 21.3. The van der Waals surface area contributed by atoms with Crippen molar-refractivity contribution in [3.63, 3.8) is 0 Å². The molecule has 2 N–H and O–H groups in total. The number of hydrogen-bond donors (Lipinski definition) is 2. The van der Waals surface area contributed by atoms with Crippen molar-refractivity contribution in [1.29, 1.82) is 5.26 Å². The highest BCUT2D eigenvalue weighted by Crippen LogP contribution is 2.35. The van der Waals surface area contributed by atoms with E-state index in [-0.39, 0.29) is 23.4 Å². The molecule has 1 unspecified atom stereocenters.